The molecule has 0 spiro atoms. The quantitative estimate of drug-likeness (QED) is 0.817. The number of anilines is 1. The van der Waals surface area contributed by atoms with Gasteiger partial charge in [0.2, 0.25) is 11.8 Å². The molecule has 22 heavy (non-hydrogen) atoms. The summed E-state index contributed by atoms with van der Waals surface area (Å²) < 4.78 is 0. The van der Waals surface area contributed by atoms with Crippen molar-refractivity contribution in [1.29, 1.82) is 0 Å². The van der Waals surface area contributed by atoms with Crippen LogP contribution in [-0.4, -0.2) is 35.5 Å². The van der Waals surface area contributed by atoms with E-state index in [2.05, 4.69) is 5.32 Å². The van der Waals surface area contributed by atoms with E-state index in [9.17, 15) is 14.4 Å². The first-order valence-electron chi connectivity index (χ1n) is 6.61. The van der Waals surface area contributed by atoms with Crippen LogP contribution in [0.15, 0.2) is 18.2 Å². The number of rotatable bonds is 4. The highest BCUT2D eigenvalue weighted by Crippen LogP contribution is 2.33. The number of hydrogen-bond acceptors (Lipinski definition) is 3. The molecule has 2 atom stereocenters. The molecule has 1 fully saturated rings. The summed E-state index contributed by atoms with van der Waals surface area (Å²) in [6.07, 6.45) is 0.292. The van der Waals surface area contributed by atoms with E-state index in [1.165, 1.54) is 11.8 Å². The predicted molar refractivity (Wildman–Crippen MR) is 82.2 cm³/mol. The van der Waals surface area contributed by atoms with Crippen molar-refractivity contribution < 1.29 is 19.5 Å². The molecule has 0 aliphatic carbocycles. The number of benzene rings is 1. The van der Waals surface area contributed by atoms with E-state index in [1.54, 1.807) is 18.2 Å². The second kappa shape index (κ2) is 6.54. The molecule has 1 aromatic rings. The minimum Gasteiger partial charge on any atom is -0.480 e. The molecule has 0 bridgehead atoms. The molecule has 6 nitrogen and oxygen atoms in total. The molecular weight excluding hydrogens is 331 g/mol. The molecule has 1 heterocycles. The van der Waals surface area contributed by atoms with Crippen LogP contribution in [0.2, 0.25) is 10.0 Å². The van der Waals surface area contributed by atoms with Gasteiger partial charge in [-0.05, 0) is 31.5 Å². The van der Waals surface area contributed by atoms with Crippen LogP contribution in [0.5, 0.6) is 0 Å². The van der Waals surface area contributed by atoms with Crippen LogP contribution < -0.4 is 10.2 Å². The number of carboxylic acid groups (broad SMARTS) is 1. The molecule has 1 unspecified atom stereocenters. The van der Waals surface area contributed by atoms with Gasteiger partial charge in [-0.1, -0.05) is 23.2 Å². The summed E-state index contributed by atoms with van der Waals surface area (Å²) >= 11 is 12.0. The zero-order valence-electron chi connectivity index (χ0n) is 11.7. The van der Waals surface area contributed by atoms with Crippen molar-refractivity contribution in [2.45, 2.75) is 19.4 Å². The zero-order valence-corrected chi connectivity index (χ0v) is 13.2. The van der Waals surface area contributed by atoms with E-state index < -0.39 is 29.7 Å². The molecule has 1 aromatic carbocycles. The number of amides is 2. The van der Waals surface area contributed by atoms with Crippen LogP contribution in [0.1, 0.15) is 13.3 Å². The van der Waals surface area contributed by atoms with Gasteiger partial charge in [0.1, 0.15) is 12.0 Å². The zero-order chi connectivity index (χ0) is 16.4. The van der Waals surface area contributed by atoms with E-state index in [0.717, 1.165) is 0 Å². The minimum atomic E-state index is -1.16. The number of aliphatic carboxylic acids is 1. The average molecular weight is 345 g/mol. The Kier molecular flexibility index (Phi) is 4.93. The van der Waals surface area contributed by atoms with Crippen molar-refractivity contribution in [2.24, 2.45) is 5.92 Å². The van der Waals surface area contributed by atoms with Crippen LogP contribution in [0.4, 0.5) is 5.69 Å². The fourth-order valence-corrected chi connectivity index (χ4v) is 2.62. The minimum absolute atomic E-state index is 0.292. The van der Waals surface area contributed by atoms with Gasteiger partial charge in [-0.2, -0.15) is 0 Å². The molecule has 118 valence electrons. The number of hydrogen-bond donors (Lipinski definition) is 2. The Morgan fingerprint density at radius 2 is 2.09 bits per heavy atom. The summed E-state index contributed by atoms with van der Waals surface area (Å²) in [6.45, 7) is 1.66. The van der Waals surface area contributed by atoms with Crippen LogP contribution in [0, 0.1) is 5.92 Å². The number of carbonyl (C=O) groups is 3. The van der Waals surface area contributed by atoms with Gasteiger partial charge in [-0.25, -0.2) is 0 Å². The summed E-state index contributed by atoms with van der Waals surface area (Å²) in [4.78, 5) is 36.5. The van der Waals surface area contributed by atoms with Crippen molar-refractivity contribution >= 4 is 46.7 Å². The fraction of sp³-hybridized carbons (Fsp3) is 0.357. The third-order valence-electron chi connectivity index (χ3n) is 3.45. The Balaban J connectivity index is 2.14. The Bertz CT molecular complexity index is 635. The molecular formula is C14H14Cl2N2O4. The van der Waals surface area contributed by atoms with Crippen molar-refractivity contribution in [3.8, 4) is 0 Å². The second-order valence-corrected chi connectivity index (χ2v) is 5.84. The predicted octanol–water partition coefficient (Wildman–Crippen LogP) is 1.94. The third-order valence-corrected chi connectivity index (χ3v) is 4.00. The average Bonchev–Trinajstić information content (AvgIpc) is 2.83. The highest BCUT2D eigenvalue weighted by molar-refractivity contribution is 6.36. The van der Waals surface area contributed by atoms with E-state index >= 15 is 0 Å². The molecule has 0 saturated carbocycles. The normalized spacial score (nSPS) is 19.1. The van der Waals surface area contributed by atoms with Crippen molar-refractivity contribution in [2.75, 3.05) is 11.4 Å². The smallest absolute Gasteiger partial charge is 0.325 e. The lowest BCUT2D eigenvalue weighted by molar-refractivity contribution is -0.143. The van der Waals surface area contributed by atoms with Gasteiger partial charge in [-0.15, -0.1) is 0 Å². The van der Waals surface area contributed by atoms with Crippen LogP contribution >= 0.6 is 23.2 Å². The Morgan fingerprint density at radius 3 is 2.73 bits per heavy atom. The summed E-state index contributed by atoms with van der Waals surface area (Å²) in [6, 6.07) is 3.69. The maximum absolute atomic E-state index is 12.4. The van der Waals surface area contributed by atoms with Gasteiger partial charge in [0, 0.05) is 11.6 Å². The molecule has 2 rings (SSSR count). The van der Waals surface area contributed by atoms with Crippen LogP contribution in [0.25, 0.3) is 0 Å². The summed E-state index contributed by atoms with van der Waals surface area (Å²) in [5.74, 6) is -3.09. The van der Waals surface area contributed by atoms with E-state index in [-0.39, 0.29) is 0 Å². The van der Waals surface area contributed by atoms with Gasteiger partial charge in [-0.3, -0.25) is 14.4 Å². The Morgan fingerprint density at radius 1 is 1.41 bits per heavy atom. The molecule has 1 saturated heterocycles. The van der Waals surface area contributed by atoms with Gasteiger partial charge < -0.3 is 15.3 Å². The molecule has 2 N–H and O–H groups in total. The highest BCUT2D eigenvalue weighted by atomic mass is 35.5. The monoisotopic (exact) mass is 344 g/mol. The lowest BCUT2D eigenvalue weighted by atomic mass is 10.1. The van der Waals surface area contributed by atoms with Gasteiger partial charge in [0.25, 0.3) is 0 Å². The van der Waals surface area contributed by atoms with Crippen molar-refractivity contribution in [1.82, 2.24) is 5.32 Å². The van der Waals surface area contributed by atoms with Crippen LogP contribution in [0.3, 0.4) is 0 Å². The number of carbonyl (C=O) groups excluding carboxylic acids is 2. The van der Waals surface area contributed by atoms with Gasteiger partial charge in [0.05, 0.1) is 10.7 Å². The maximum atomic E-state index is 12.4. The van der Waals surface area contributed by atoms with Crippen molar-refractivity contribution in [3.63, 3.8) is 0 Å². The van der Waals surface area contributed by atoms with Gasteiger partial charge in [0.15, 0.2) is 0 Å². The standard InChI is InChI=1S/C14H14Cl2N2O4/c1-7(14(21)22)17-12(19)9-4-5-18(13(9)20)11-6-8(15)2-3-10(11)16/h2-3,6-7,9H,4-5H2,1H3,(H,17,19)(H,21,22)/t7-,9?/m0/s1. The molecule has 2 amide bonds. The summed E-state index contributed by atoms with van der Waals surface area (Å²) in [7, 11) is 0. The first kappa shape index (κ1) is 16.6. The van der Waals surface area contributed by atoms with E-state index in [0.29, 0.717) is 28.7 Å². The van der Waals surface area contributed by atoms with E-state index in [1.807, 2.05) is 0 Å². The van der Waals surface area contributed by atoms with Crippen LogP contribution in [-0.2, 0) is 14.4 Å². The summed E-state index contributed by atoms with van der Waals surface area (Å²) in [5.41, 5.74) is 0.445. The molecule has 1 aliphatic rings. The lowest BCUT2D eigenvalue weighted by Crippen LogP contribution is -2.44. The molecule has 1 aliphatic heterocycles. The first-order valence-corrected chi connectivity index (χ1v) is 7.36. The number of carboxylic acids is 1. The Labute approximate surface area is 137 Å². The molecule has 0 radical (unpaired) electrons. The largest absolute Gasteiger partial charge is 0.480 e. The van der Waals surface area contributed by atoms with Crippen molar-refractivity contribution in [3.05, 3.63) is 28.2 Å². The number of nitrogens with one attached hydrogen (secondary N) is 1. The fourth-order valence-electron chi connectivity index (χ4n) is 2.23. The lowest BCUT2D eigenvalue weighted by Gasteiger charge is -2.19. The number of halogens is 2. The Hall–Kier alpha value is -1.79. The first-order chi connectivity index (χ1) is 10.3. The SMILES string of the molecule is C[C@H](NC(=O)C1CCN(c2cc(Cl)ccc2Cl)C1=O)C(=O)O. The van der Waals surface area contributed by atoms with Gasteiger partial charge >= 0.3 is 5.97 Å². The topological polar surface area (TPSA) is 86.7 Å². The second-order valence-electron chi connectivity index (χ2n) is 5.00. The number of nitrogens with zero attached hydrogens (tertiary/aromatic N) is 1. The highest BCUT2D eigenvalue weighted by Gasteiger charge is 2.39. The van der Waals surface area contributed by atoms with E-state index in [4.69, 9.17) is 28.3 Å². The summed E-state index contributed by atoms with van der Waals surface area (Å²) in [5, 5.41) is 11.9. The molecule has 0 aromatic heterocycles. The molecule has 8 heteroatoms. The maximum Gasteiger partial charge on any atom is 0.325 e. The third kappa shape index (κ3) is 3.34.